The van der Waals surface area contributed by atoms with Crippen LogP contribution in [0.2, 0.25) is 1.41 Å². The van der Waals surface area contributed by atoms with E-state index in [-0.39, 0.29) is 11.4 Å². The zero-order chi connectivity index (χ0) is 14.1. The lowest BCUT2D eigenvalue weighted by Gasteiger charge is -2.00. The first-order valence-electron chi connectivity index (χ1n) is 5.77. The summed E-state index contributed by atoms with van der Waals surface area (Å²) < 4.78 is 36.1. The molecule has 4 nitrogen and oxygen atoms in total. The van der Waals surface area contributed by atoms with Gasteiger partial charge in [-0.1, -0.05) is 18.2 Å². The molecule has 4 heteroatoms. The lowest BCUT2D eigenvalue weighted by Crippen LogP contribution is -2.29. The van der Waals surface area contributed by atoms with E-state index in [1.807, 2.05) is 0 Å². The molecule has 0 unspecified atom stereocenters. The number of carbonyl (C=O) groups excluding carboxylic acids is 1. The van der Waals surface area contributed by atoms with E-state index in [9.17, 15) is 9.59 Å². The van der Waals surface area contributed by atoms with Gasteiger partial charge in [0.25, 0.3) is 5.91 Å². The molecule has 0 aliphatic carbocycles. The molecule has 13 heavy (non-hydrogen) atoms. The molecule has 1 aromatic rings. The van der Waals surface area contributed by atoms with Crippen LogP contribution in [0.15, 0.2) is 30.3 Å². The number of aliphatic carboxylic acids is 1. The van der Waals surface area contributed by atoms with Crippen molar-refractivity contribution in [3.63, 3.8) is 0 Å². The van der Waals surface area contributed by atoms with E-state index in [1.54, 1.807) is 0 Å². The van der Waals surface area contributed by atoms with E-state index in [0.717, 1.165) is 6.07 Å². The fourth-order valence-electron chi connectivity index (χ4n) is 0.637. The molecular formula is C9H9NO3. The maximum Gasteiger partial charge on any atom is 0.322 e. The molecule has 1 aromatic carbocycles. The number of benzene rings is 1. The van der Waals surface area contributed by atoms with E-state index in [2.05, 4.69) is 0 Å². The van der Waals surface area contributed by atoms with E-state index in [0.29, 0.717) is 0 Å². The third-order valence-corrected chi connectivity index (χ3v) is 1.13. The normalized spacial score (nSPS) is 15.8. The maximum absolute atomic E-state index is 11.7. The van der Waals surface area contributed by atoms with Gasteiger partial charge >= 0.3 is 5.97 Å². The van der Waals surface area contributed by atoms with Crippen molar-refractivity contribution in [1.82, 2.24) is 5.31 Å². The van der Waals surface area contributed by atoms with Crippen molar-refractivity contribution in [2.24, 2.45) is 0 Å². The Balaban J connectivity index is 3.16. The number of carboxylic acids is 1. The highest BCUT2D eigenvalue weighted by atomic mass is 16.4. The van der Waals surface area contributed by atoms with E-state index in [4.69, 9.17) is 12.0 Å². The van der Waals surface area contributed by atoms with Crippen LogP contribution in [0, 0.1) is 0 Å². The van der Waals surface area contributed by atoms with Crippen LogP contribution < -0.4 is 5.31 Å². The molecular weight excluding hydrogens is 170 g/mol. The number of hydrogen-bond acceptors (Lipinski definition) is 2. The Morgan fingerprint density at radius 1 is 1.69 bits per heavy atom. The summed E-state index contributed by atoms with van der Waals surface area (Å²) in [6.45, 7) is -3.21. The molecule has 0 fully saturated rings. The topological polar surface area (TPSA) is 66.4 Å². The van der Waals surface area contributed by atoms with Crippen LogP contribution in [0.5, 0.6) is 0 Å². The predicted molar refractivity (Wildman–Crippen MR) is 46.4 cm³/mol. The zero-order valence-electron chi connectivity index (χ0n) is 11.4. The summed E-state index contributed by atoms with van der Waals surface area (Å²) in [5, 5.41) is 8.20. The monoisotopic (exact) mass is 184 g/mol. The molecule has 0 aliphatic rings. The van der Waals surface area contributed by atoms with Gasteiger partial charge in [0, 0.05) is 5.56 Å². The zero-order valence-corrected chi connectivity index (χ0v) is 6.44. The Bertz CT molecular complexity index is 505. The van der Waals surface area contributed by atoms with Gasteiger partial charge < -0.3 is 10.4 Å². The van der Waals surface area contributed by atoms with Crippen LogP contribution in [0.1, 0.15) is 15.8 Å². The van der Waals surface area contributed by atoms with Crippen molar-refractivity contribution < 1.29 is 21.6 Å². The Labute approximate surface area is 82.3 Å². The quantitative estimate of drug-likeness (QED) is 0.718. The van der Waals surface area contributed by atoms with Crippen molar-refractivity contribution in [1.29, 1.82) is 0 Å². The van der Waals surface area contributed by atoms with Crippen molar-refractivity contribution in [2.75, 3.05) is 6.50 Å². The predicted octanol–water partition coefficient (Wildman–Crippen LogP) is 0.501. The number of carbonyl (C=O) groups is 2. The van der Waals surface area contributed by atoms with Gasteiger partial charge in [-0.15, -0.1) is 0 Å². The van der Waals surface area contributed by atoms with Crippen molar-refractivity contribution >= 4 is 11.9 Å². The molecule has 0 bridgehead atoms. The summed E-state index contributed by atoms with van der Waals surface area (Å²) in [5.41, 5.74) is -0.400. The van der Waals surface area contributed by atoms with Gasteiger partial charge in [-0.25, -0.2) is 0 Å². The smallest absolute Gasteiger partial charge is 0.322 e. The third-order valence-electron chi connectivity index (χ3n) is 1.13. The number of hydrogen-bond donors (Lipinski definition) is 2. The summed E-state index contributed by atoms with van der Waals surface area (Å²) in [5.74, 6) is -3.28. The van der Waals surface area contributed by atoms with Crippen molar-refractivity contribution in [3.8, 4) is 0 Å². The fourth-order valence-corrected chi connectivity index (χ4v) is 0.637. The molecule has 68 valence electrons. The molecule has 2 N–H and O–H groups in total. The molecule has 0 heterocycles. The Morgan fingerprint density at radius 2 is 2.46 bits per heavy atom. The highest BCUT2D eigenvalue weighted by molar-refractivity contribution is 5.95. The summed E-state index contributed by atoms with van der Waals surface area (Å²) in [6, 6.07) is 2.91. The second kappa shape index (κ2) is 4.25. The maximum atomic E-state index is 11.7. The summed E-state index contributed by atoms with van der Waals surface area (Å²) in [6.07, 6.45) is 0. The average molecular weight is 184 g/mol. The van der Waals surface area contributed by atoms with Gasteiger partial charge in [-0.3, -0.25) is 9.59 Å². The number of amides is 1. The first kappa shape index (κ1) is 4.41. The summed E-state index contributed by atoms with van der Waals surface area (Å²) in [7, 11) is 0. The summed E-state index contributed by atoms with van der Waals surface area (Å²) in [4.78, 5) is 22.3. The van der Waals surface area contributed by atoms with Crippen LogP contribution in [0.25, 0.3) is 0 Å². The molecule has 0 aromatic heterocycles. The second-order valence-electron chi connectivity index (χ2n) is 2.04. The van der Waals surface area contributed by atoms with Crippen molar-refractivity contribution in [3.05, 3.63) is 35.8 Å². The van der Waals surface area contributed by atoms with Gasteiger partial charge in [-0.05, 0) is 12.1 Å². The lowest BCUT2D eigenvalue weighted by molar-refractivity contribution is -0.135. The van der Waals surface area contributed by atoms with E-state index in [1.165, 1.54) is 12.1 Å². The molecule has 1 amide bonds. The highest BCUT2D eigenvalue weighted by Crippen LogP contribution is 1.96. The highest BCUT2D eigenvalue weighted by Gasteiger charge is 2.04. The van der Waals surface area contributed by atoms with Crippen LogP contribution >= 0.6 is 0 Å². The van der Waals surface area contributed by atoms with Gasteiger partial charge in [0.15, 0.2) is 1.41 Å². The van der Waals surface area contributed by atoms with Crippen molar-refractivity contribution in [2.45, 2.75) is 0 Å². The number of nitrogens with one attached hydrogen (secondary N) is 1. The minimum absolute atomic E-state index is 0.273. The van der Waals surface area contributed by atoms with Gasteiger partial charge in [0.2, 0.25) is 0 Å². The fraction of sp³-hybridized carbons (Fsp3) is 0.111. The molecule has 0 saturated heterocycles. The number of carboxylic acid groups (broad SMARTS) is 1. The van der Waals surface area contributed by atoms with Crippen LogP contribution in [-0.4, -0.2) is 23.5 Å². The Hall–Kier alpha value is -1.84. The molecule has 0 radical (unpaired) electrons. The van der Waals surface area contributed by atoms with Gasteiger partial charge in [0.1, 0.15) is 6.50 Å². The average Bonchev–Trinajstić information content (AvgIpc) is 2.30. The standard InChI is InChI=1S/C9H9NO3/c11-8(12)6-10-9(13)7-4-2-1-3-5-7/h1-5H,6H2,(H,10,13)(H,11,12)/i2D,4D,6D2/hD. The Morgan fingerprint density at radius 3 is 3.15 bits per heavy atom. The van der Waals surface area contributed by atoms with Crippen LogP contribution in [0.3, 0.4) is 0 Å². The molecule has 0 aliphatic heterocycles. The van der Waals surface area contributed by atoms with E-state index >= 15 is 0 Å². The Kier molecular flexibility index (Phi) is 1.44. The summed E-state index contributed by atoms with van der Waals surface area (Å²) >= 11 is 0. The molecule has 0 saturated carbocycles. The first-order valence-corrected chi connectivity index (χ1v) is 3.32. The molecule has 1 rings (SSSR count). The minimum Gasteiger partial charge on any atom is -0.480 e. The minimum atomic E-state index is -3.21. The van der Waals surface area contributed by atoms with Gasteiger partial charge in [-0.2, -0.15) is 0 Å². The SMILES string of the molecule is [2H]c1cccc(C(=O)N([2H])C([2H])([2H])C(=O)O)c1[2H]. The largest absolute Gasteiger partial charge is 0.480 e. The molecule has 0 spiro atoms. The molecule has 0 atom stereocenters. The van der Waals surface area contributed by atoms with Crippen LogP contribution in [0.4, 0.5) is 0 Å². The van der Waals surface area contributed by atoms with Gasteiger partial charge in [0.05, 0.1) is 5.48 Å². The third kappa shape index (κ3) is 2.94. The first-order chi connectivity index (χ1) is 8.19. The lowest BCUT2D eigenvalue weighted by atomic mass is 10.2. The van der Waals surface area contributed by atoms with E-state index < -0.39 is 30.0 Å². The van der Waals surface area contributed by atoms with Crippen LogP contribution in [-0.2, 0) is 4.79 Å². The number of rotatable bonds is 3. The second-order valence-corrected chi connectivity index (χ2v) is 2.04.